The van der Waals surface area contributed by atoms with Gasteiger partial charge in [0.15, 0.2) is 0 Å². The van der Waals surface area contributed by atoms with E-state index >= 15 is 0 Å². The quantitative estimate of drug-likeness (QED) is 0.826. The molecule has 2 aromatic carbocycles. The van der Waals surface area contributed by atoms with Crippen molar-refractivity contribution in [3.63, 3.8) is 0 Å². The minimum Gasteiger partial charge on any atom is -0.465 e. The molecule has 0 aliphatic heterocycles. The molecule has 0 aliphatic rings. The number of anilines is 2. The Hall–Kier alpha value is -2.89. The summed E-state index contributed by atoms with van der Waals surface area (Å²) >= 11 is 0. The highest BCUT2D eigenvalue weighted by Crippen LogP contribution is 2.18. The molecule has 6 heteroatoms. The Morgan fingerprint density at radius 2 is 1.79 bits per heavy atom. The van der Waals surface area contributed by atoms with Crippen molar-refractivity contribution in [3.8, 4) is 0 Å². The number of aryl methyl sites for hydroxylation is 2. The number of rotatable bonds is 5. The zero-order valence-electron chi connectivity index (χ0n) is 13.8. The van der Waals surface area contributed by atoms with E-state index in [2.05, 4.69) is 15.4 Å². The predicted octanol–water partition coefficient (Wildman–Crippen LogP) is 3.28. The Balaban J connectivity index is 2.03. The number of carbonyl (C=O) groups excluding carboxylic acids is 2. The van der Waals surface area contributed by atoms with Gasteiger partial charge in [-0.25, -0.2) is 9.18 Å². The summed E-state index contributed by atoms with van der Waals surface area (Å²) in [6.07, 6.45) is 0. The molecule has 24 heavy (non-hydrogen) atoms. The van der Waals surface area contributed by atoms with E-state index in [1.807, 2.05) is 6.92 Å². The van der Waals surface area contributed by atoms with E-state index in [1.165, 1.54) is 19.2 Å². The second kappa shape index (κ2) is 7.59. The average molecular weight is 330 g/mol. The molecule has 0 spiro atoms. The van der Waals surface area contributed by atoms with Crippen LogP contribution in [0, 0.1) is 19.7 Å². The van der Waals surface area contributed by atoms with Gasteiger partial charge in [-0.15, -0.1) is 0 Å². The van der Waals surface area contributed by atoms with Gasteiger partial charge in [0.25, 0.3) is 0 Å². The number of halogens is 1. The van der Waals surface area contributed by atoms with E-state index in [-0.39, 0.29) is 18.3 Å². The SMILES string of the molecule is COC(=O)c1ccc(C)c(NC(=O)CNc2ccc(F)cc2C)c1. The maximum Gasteiger partial charge on any atom is 0.337 e. The lowest BCUT2D eigenvalue weighted by atomic mass is 10.1. The van der Waals surface area contributed by atoms with Gasteiger partial charge in [0.2, 0.25) is 5.91 Å². The third-order valence-electron chi connectivity index (χ3n) is 3.56. The highest BCUT2D eigenvalue weighted by Gasteiger charge is 2.10. The van der Waals surface area contributed by atoms with E-state index in [9.17, 15) is 14.0 Å². The van der Waals surface area contributed by atoms with Crippen molar-refractivity contribution in [2.45, 2.75) is 13.8 Å². The fourth-order valence-electron chi connectivity index (χ4n) is 2.20. The molecular formula is C18H19FN2O3. The van der Waals surface area contributed by atoms with E-state index in [4.69, 9.17) is 0 Å². The summed E-state index contributed by atoms with van der Waals surface area (Å²) in [4.78, 5) is 23.7. The van der Waals surface area contributed by atoms with E-state index < -0.39 is 5.97 Å². The number of hydrogen-bond donors (Lipinski definition) is 2. The molecule has 2 N–H and O–H groups in total. The maximum atomic E-state index is 13.1. The van der Waals surface area contributed by atoms with Crippen LogP contribution in [0.1, 0.15) is 21.5 Å². The first-order valence-corrected chi connectivity index (χ1v) is 7.39. The van der Waals surface area contributed by atoms with Gasteiger partial charge in [0.1, 0.15) is 5.82 Å². The van der Waals surface area contributed by atoms with Crippen molar-refractivity contribution >= 4 is 23.3 Å². The van der Waals surface area contributed by atoms with Crippen molar-refractivity contribution in [1.29, 1.82) is 0 Å². The normalized spacial score (nSPS) is 10.2. The molecule has 0 saturated heterocycles. The molecule has 0 bridgehead atoms. The molecule has 2 rings (SSSR count). The molecule has 0 saturated carbocycles. The summed E-state index contributed by atoms with van der Waals surface area (Å²) in [6.45, 7) is 3.61. The van der Waals surface area contributed by atoms with Crippen LogP contribution in [-0.2, 0) is 9.53 Å². The number of nitrogens with one attached hydrogen (secondary N) is 2. The second-order valence-electron chi connectivity index (χ2n) is 5.38. The Kier molecular flexibility index (Phi) is 5.52. The number of esters is 1. The molecule has 2 aromatic rings. The first-order chi connectivity index (χ1) is 11.4. The molecule has 0 unspecified atom stereocenters. The second-order valence-corrected chi connectivity index (χ2v) is 5.38. The van der Waals surface area contributed by atoms with Gasteiger partial charge in [0.05, 0.1) is 19.2 Å². The van der Waals surface area contributed by atoms with Crippen LogP contribution >= 0.6 is 0 Å². The Morgan fingerprint density at radius 1 is 1.04 bits per heavy atom. The number of ether oxygens (including phenoxy) is 1. The van der Waals surface area contributed by atoms with Crippen molar-refractivity contribution in [2.75, 3.05) is 24.3 Å². The molecule has 0 aliphatic carbocycles. The van der Waals surface area contributed by atoms with E-state index in [0.717, 1.165) is 5.56 Å². The first-order valence-electron chi connectivity index (χ1n) is 7.39. The maximum absolute atomic E-state index is 13.1. The van der Waals surface area contributed by atoms with Crippen LogP contribution < -0.4 is 10.6 Å². The third kappa shape index (κ3) is 4.32. The highest BCUT2D eigenvalue weighted by atomic mass is 19.1. The number of amides is 1. The van der Waals surface area contributed by atoms with Gasteiger partial charge in [0, 0.05) is 11.4 Å². The average Bonchev–Trinajstić information content (AvgIpc) is 2.55. The molecule has 5 nitrogen and oxygen atoms in total. The summed E-state index contributed by atoms with van der Waals surface area (Å²) in [5.74, 6) is -1.06. The van der Waals surface area contributed by atoms with Gasteiger partial charge in [-0.05, 0) is 55.3 Å². The Labute approximate surface area is 139 Å². The number of methoxy groups -OCH3 is 1. The zero-order chi connectivity index (χ0) is 17.7. The van der Waals surface area contributed by atoms with E-state index in [0.29, 0.717) is 22.5 Å². The molecular weight excluding hydrogens is 311 g/mol. The molecule has 0 fully saturated rings. The van der Waals surface area contributed by atoms with Gasteiger partial charge in [-0.2, -0.15) is 0 Å². The fraction of sp³-hybridized carbons (Fsp3) is 0.222. The minimum absolute atomic E-state index is 0.0222. The standard InChI is InChI=1S/C18H19FN2O3/c1-11-4-5-13(18(23)24-3)9-16(11)21-17(22)10-20-15-7-6-14(19)8-12(15)2/h4-9,20H,10H2,1-3H3,(H,21,22). The zero-order valence-corrected chi connectivity index (χ0v) is 13.8. The summed E-state index contributed by atoms with van der Waals surface area (Å²) in [5, 5.41) is 5.71. The van der Waals surface area contributed by atoms with Crippen LogP contribution in [0.2, 0.25) is 0 Å². The molecule has 0 radical (unpaired) electrons. The molecule has 126 valence electrons. The lowest BCUT2D eigenvalue weighted by Crippen LogP contribution is -2.22. The monoisotopic (exact) mass is 330 g/mol. The topological polar surface area (TPSA) is 67.4 Å². The number of benzene rings is 2. The Morgan fingerprint density at radius 3 is 2.46 bits per heavy atom. The van der Waals surface area contributed by atoms with Gasteiger partial charge >= 0.3 is 5.97 Å². The van der Waals surface area contributed by atoms with Crippen LogP contribution in [0.3, 0.4) is 0 Å². The fourth-order valence-corrected chi connectivity index (χ4v) is 2.20. The van der Waals surface area contributed by atoms with Crippen molar-refractivity contribution < 1.29 is 18.7 Å². The summed E-state index contributed by atoms with van der Waals surface area (Å²) in [7, 11) is 1.30. The highest BCUT2D eigenvalue weighted by molar-refractivity contribution is 5.97. The largest absolute Gasteiger partial charge is 0.465 e. The van der Waals surface area contributed by atoms with Crippen molar-refractivity contribution in [2.24, 2.45) is 0 Å². The van der Waals surface area contributed by atoms with Crippen molar-refractivity contribution in [3.05, 3.63) is 58.9 Å². The van der Waals surface area contributed by atoms with Crippen LogP contribution in [0.15, 0.2) is 36.4 Å². The lowest BCUT2D eigenvalue weighted by molar-refractivity contribution is -0.114. The van der Waals surface area contributed by atoms with Crippen LogP contribution in [-0.4, -0.2) is 25.5 Å². The first kappa shape index (κ1) is 17.5. The van der Waals surface area contributed by atoms with Gasteiger partial charge in [-0.3, -0.25) is 4.79 Å². The summed E-state index contributed by atoms with van der Waals surface area (Å²) in [6, 6.07) is 9.25. The molecule has 0 aromatic heterocycles. The summed E-state index contributed by atoms with van der Waals surface area (Å²) < 4.78 is 17.7. The Bertz CT molecular complexity index is 775. The number of carbonyl (C=O) groups is 2. The smallest absolute Gasteiger partial charge is 0.337 e. The van der Waals surface area contributed by atoms with Crippen LogP contribution in [0.25, 0.3) is 0 Å². The lowest BCUT2D eigenvalue weighted by Gasteiger charge is -2.12. The predicted molar refractivity (Wildman–Crippen MR) is 90.8 cm³/mol. The van der Waals surface area contributed by atoms with E-state index in [1.54, 1.807) is 31.2 Å². The van der Waals surface area contributed by atoms with Crippen LogP contribution in [0.4, 0.5) is 15.8 Å². The molecule has 0 atom stereocenters. The minimum atomic E-state index is -0.467. The summed E-state index contributed by atoms with van der Waals surface area (Å²) in [5.41, 5.74) is 3.13. The third-order valence-corrected chi connectivity index (χ3v) is 3.56. The number of hydrogen-bond acceptors (Lipinski definition) is 4. The molecule has 1 amide bonds. The van der Waals surface area contributed by atoms with Crippen LogP contribution in [0.5, 0.6) is 0 Å². The molecule has 0 heterocycles. The van der Waals surface area contributed by atoms with Gasteiger partial charge in [-0.1, -0.05) is 6.07 Å². The van der Waals surface area contributed by atoms with Gasteiger partial charge < -0.3 is 15.4 Å². The van der Waals surface area contributed by atoms with Crippen molar-refractivity contribution in [1.82, 2.24) is 0 Å².